The lowest BCUT2D eigenvalue weighted by Gasteiger charge is -2.30. The van der Waals surface area contributed by atoms with Crippen LogP contribution < -0.4 is 5.32 Å². The summed E-state index contributed by atoms with van der Waals surface area (Å²) in [6.45, 7) is 8.14. The SMILES string of the molecule is Cc1ccc(C(C)NCC2CCCN(C)C2)s1. The maximum absolute atomic E-state index is 3.69. The van der Waals surface area contributed by atoms with Gasteiger partial charge in [-0.25, -0.2) is 0 Å². The van der Waals surface area contributed by atoms with Crippen LogP contribution in [0.1, 0.15) is 35.6 Å². The summed E-state index contributed by atoms with van der Waals surface area (Å²) in [5.74, 6) is 0.831. The van der Waals surface area contributed by atoms with E-state index in [-0.39, 0.29) is 0 Å². The van der Waals surface area contributed by atoms with Gasteiger partial charge in [0.1, 0.15) is 0 Å². The van der Waals surface area contributed by atoms with Crippen molar-refractivity contribution in [1.29, 1.82) is 0 Å². The first-order valence-electron chi connectivity index (χ1n) is 6.63. The van der Waals surface area contributed by atoms with Crippen molar-refractivity contribution < 1.29 is 0 Å². The zero-order valence-electron chi connectivity index (χ0n) is 11.2. The molecule has 1 N–H and O–H groups in total. The third-order valence-corrected chi connectivity index (χ3v) is 4.81. The van der Waals surface area contributed by atoms with Gasteiger partial charge in [-0.3, -0.25) is 0 Å². The first-order valence-corrected chi connectivity index (χ1v) is 7.45. The summed E-state index contributed by atoms with van der Waals surface area (Å²) in [4.78, 5) is 5.33. The van der Waals surface area contributed by atoms with E-state index < -0.39 is 0 Å². The summed E-state index contributed by atoms with van der Waals surface area (Å²) in [6.07, 6.45) is 2.74. The predicted molar refractivity (Wildman–Crippen MR) is 75.7 cm³/mol. The van der Waals surface area contributed by atoms with Gasteiger partial charge in [0.05, 0.1) is 0 Å². The summed E-state index contributed by atoms with van der Waals surface area (Å²) in [7, 11) is 2.23. The van der Waals surface area contributed by atoms with Gasteiger partial charge in [-0.1, -0.05) is 0 Å². The minimum Gasteiger partial charge on any atom is -0.309 e. The van der Waals surface area contributed by atoms with E-state index in [0.717, 1.165) is 12.5 Å². The predicted octanol–water partition coefficient (Wildman–Crippen LogP) is 3.05. The van der Waals surface area contributed by atoms with E-state index in [0.29, 0.717) is 6.04 Å². The van der Waals surface area contributed by atoms with E-state index in [4.69, 9.17) is 0 Å². The van der Waals surface area contributed by atoms with Gasteiger partial charge in [0.15, 0.2) is 0 Å². The molecule has 1 fully saturated rings. The maximum atomic E-state index is 3.69. The lowest BCUT2D eigenvalue weighted by atomic mass is 9.98. The minimum atomic E-state index is 0.501. The average Bonchev–Trinajstić information content (AvgIpc) is 2.73. The van der Waals surface area contributed by atoms with Crippen molar-refractivity contribution in [2.75, 3.05) is 26.7 Å². The highest BCUT2D eigenvalue weighted by Gasteiger charge is 2.18. The summed E-state index contributed by atoms with van der Waals surface area (Å²) >= 11 is 1.91. The Balaban J connectivity index is 1.77. The molecule has 3 heteroatoms. The number of likely N-dealkylation sites (tertiary alicyclic amines) is 1. The van der Waals surface area contributed by atoms with Crippen molar-refractivity contribution in [2.24, 2.45) is 5.92 Å². The van der Waals surface area contributed by atoms with Gasteiger partial charge < -0.3 is 10.2 Å². The van der Waals surface area contributed by atoms with Gasteiger partial charge in [0.25, 0.3) is 0 Å². The molecule has 0 bridgehead atoms. The highest BCUT2D eigenvalue weighted by molar-refractivity contribution is 7.12. The average molecular weight is 252 g/mol. The molecule has 2 rings (SSSR count). The highest BCUT2D eigenvalue weighted by atomic mass is 32.1. The number of aryl methyl sites for hydroxylation is 1. The second kappa shape index (κ2) is 5.98. The molecule has 0 spiro atoms. The van der Waals surface area contributed by atoms with Crippen LogP contribution in [0.25, 0.3) is 0 Å². The molecule has 1 aromatic rings. The number of piperidine rings is 1. The Hall–Kier alpha value is -0.380. The molecule has 1 aliphatic rings. The summed E-state index contributed by atoms with van der Waals surface area (Å²) < 4.78 is 0. The molecule has 1 aromatic heterocycles. The van der Waals surface area contributed by atoms with Crippen LogP contribution in [0.4, 0.5) is 0 Å². The van der Waals surface area contributed by atoms with E-state index in [1.165, 1.54) is 35.7 Å². The fourth-order valence-electron chi connectivity index (χ4n) is 2.57. The monoisotopic (exact) mass is 252 g/mol. The molecule has 2 nitrogen and oxygen atoms in total. The van der Waals surface area contributed by atoms with Crippen molar-refractivity contribution in [2.45, 2.75) is 32.7 Å². The summed E-state index contributed by atoms with van der Waals surface area (Å²) in [5, 5.41) is 3.69. The Morgan fingerprint density at radius 3 is 3.00 bits per heavy atom. The molecule has 0 aromatic carbocycles. The molecule has 0 amide bonds. The zero-order valence-corrected chi connectivity index (χ0v) is 12.0. The fraction of sp³-hybridized carbons (Fsp3) is 0.714. The molecule has 17 heavy (non-hydrogen) atoms. The van der Waals surface area contributed by atoms with Crippen molar-refractivity contribution in [3.8, 4) is 0 Å². The standard InChI is InChI=1S/C14H24N2S/c1-11-6-7-14(17-11)12(2)15-9-13-5-4-8-16(3)10-13/h6-7,12-13,15H,4-5,8-10H2,1-3H3. The van der Waals surface area contributed by atoms with Crippen LogP contribution in [0, 0.1) is 12.8 Å². The molecule has 2 unspecified atom stereocenters. The van der Waals surface area contributed by atoms with E-state index >= 15 is 0 Å². The Labute approximate surface area is 109 Å². The fourth-order valence-corrected chi connectivity index (χ4v) is 3.47. The highest BCUT2D eigenvalue weighted by Crippen LogP contribution is 2.23. The van der Waals surface area contributed by atoms with E-state index in [2.05, 4.69) is 43.2 Å². The summed E-state index contributed by atoms with van der Waals surface area (Å²) in [5.41, 5.74) is 0. The van der Waals surface area contributed by atoms with Gasteiger partial charge in [0.2, 0.25) is 0 Å². The topological polar surface area (TPSA) is 15.3 Å². The third kappa shape index (κ3) is 3.80. The van der Waals surface area contributed by atoms with Gasteiger partial charge in [0, 0.05) is 22.3 Å². The Bertz CT molecular complexity index is 348. The van der Waals surface area contributed by atoms with Crippen molar-refractivity contribution in [1.82, 2.24) is 10.2 Å². The lowest BCUT2D eigenvalue weighted by molar-refractivity contribution is 0.203. The smallest absolute Gasteiger partial charge is 0.0386 e. The first-order chi connectivity index (χ1) is 8.15. The molecule has 1 saturated heterocycles. The van der Waals surface area contributed by atoms with Crippen LogP contribution in [-0.2, 0) is 0 Å². The van der Waals surface area contributed by atoms with E-state index in [9.17, 15) is 0 Å². The van der Waals surface area contributed by atoms with Gasteiger partial charge in [-0.05, 0) is 64.9 Å². The molecule has 1 aliphatic heterocycles. The normalized spacial score (nSPS) is 23.8. The third-order valence-electron chi connectivity index (χ3n) is 3.62. The van der Waals surface area contributed by atoms with Crippen LogP contribution in [-0.4, -0.2) is 31.6 Å². The minimum absolute atomic E-state index is 0.501. The molecule has 0 radical (unpaired) electrons. The molecule has 2 atom stereocenters. The number of thiophene rings is 1. The molecule has 2 heterocycles. The van der Waals surface area contributed by atoms with Crippen LogP contribution in [0.5, 0.6) is 0 Å². The largest absolute Gasteiger partial charge is 0.309 e. The summed E-state index contributed by atoms with van der Waals surface area (Å²) in [6, 6.07) is 4.97. The number of hydrogen-bond donors (Lipinski definition) is 1. The van der Waals surface area contributed by atoms with Crippen molar-refractivity contribution in [3.63, 3.8) is 0 Å². The van der Waals surface area contributed by atoms with Crippen LogP contribution >= 0.6 is 11.3 Å². The second-order valence-corrected chi connectivity index (χ2v) is 6.67. The van der Waals surface area contributed by atoms with Crippen LogP contribution in [0.15, 0.2) is 12.1 Å². The Kier molecular flexibility index (Phi) is 4.60. The lowest BCUT2D eigenvalue weighted by Crippen LogP contribution is -2.37. The number of rotatable bonds is 4. The first kappa shape index (κ1) is 13.1. The number of nitrogens with one attached hydrogen (secondary N) is 1. The van der Waals surface area contributed by atoms with Crippen LogP contribution in [0.3, 0.4) is 0 Å². The molecule has 96 valence electrons. The molecular weight excluding hydrogens is 228 g/mol. The second-order valence-electron chi connectivity index (χ2n) is 5.35. The number of nitrogens with zero attached hydrogens (tertiary/aromatic N) is 1. The van der Waals surface area contributed by atoms with Crippen molar-refractivity contribution in [3.05, 3.63) is 21.9 Å². The molecule has 0 aliphatic carbocycles. The van der Waals surface area contributed by atoms with Gasteiger partial charge in [-0.2, -0.15) is 0 Å². The van der Waals surface area contributed by atoms with Crippen LogP contribution in [0.2, 0.25) is 0 Å². The quantitative estimate of drug-likeness (QED) is 0.886. The zero-order chi connectivity index (χ0) is 12.3. The number of hydrogen-bond acceptors (Lipinski definition) is 3. The van der Waals surface area contributed by atoms with Gasteiger partial charge >= 0.3 is 0 Å². The van der Waals surface area contributed by atoms with E-state index in [1.54, 1.807) is 0 Å². The molecular formula is C14H24N2S. The molecule has 0 saturated carbocycles. The van der Waals surface area contributed by atoms with Gasteiger partial charge in [-0.15, -0.1) is 11.3 Å². The Morgan fingerprint density at radius 2 is 2.35 bits per heavy atom. The Morgan fingerprint density at radius 1 is 1.53 bits per heavy atom. The van der Waals surface area contributed by atoms with E-state index in [1.807, 2.05) is 11.3 Å². The maximum Gasteiger partial charge on any atom is 0.0386 e. The van der Waals surface area contributed by atoms with Crippen molar-refractivity contribution >= 4 is 11.3 Å².